The van der Waals surface area contributed by atoms with Crippen molar-refractivity contribution in [3.63, 3.8) is 0 Å². The van der Waals surface area contributed by atoms with Crippen molar-refractivity contribution in [1.29, 1.82) is 0 Å². The molecule has 1 aliphatic rings. The summed E-state index contributed by atoms with van der Waals surface area (Å²) in [5.41, 5.74) is 1.23. The van der Waals surface area contributed by atoms with Crippen LogP contribution in [0.2, 0.25) is 0 Å². The van der Waals surface area contributed by atoms with E-state index in [1.807, 2.05) is 18.2 Å². The van der Waals surface area contributed by atoms with E-state index < -0.39 is 0 Å². The van der Waals surface area contributed by atoms with Gasteiger partial charge < -0.3 is 20.7 Å². The van der Waals surface area contributed by atoms with Gasteiger partial charge in [0, 0.05) is 17.4 Å². The lowest BCUT2D eigenvalue weighted by molar-refractivity contribution is -0.118. The lowest BCUT2D eigenvalue weighted by atomic mass is 9.96. The SMILES string of the molecule is O=C(COc1ccccc1)Nc1cccc(NC(=O)NC2CCCCC2)c1. The van der Waals surface area contributed by atoms with E-state index in [4.69, 9.17) is 4.74 Å². The Morgan fingerprint density at radius 1 is 0.889 bits per heavy atom. The molecule has 0 radical (unpaired) electrons. The van der Waals surface area contributed by atoms with Crippen LogP contribution in [0.15, 0.2) is 54.6 Å². The molecule has 1 fully saturated rings. The number of carbonyl (C=O) groups is 2. The monoisotopic (exact) mass is 367 g/mol. The summed E-state index contributed by atoms with van der Waals surface area (Å²) in [7, 11) is 0. The van der Waals surface area contributed by atoms with Crippen molar-refractivity contribution in [2.75, 3.05) is 17.2 Å². The maximum Gasteiger partial charge on any atom is 0.319 e. The largest absolute Gasteiger partial charge is 0.484 e. The molecule has 6 nitrogen and oxygen atoms in total. The standard InChI is InChI=1S/C21H25N3O3/c25-20(15-27-19-12-5-2-6-13-19)22-17-10-7-11-18(14-17)24-21(26)23-16-8-3-1-4-9-16/h2,5-7,10-14,16H,1,3-4,8-9,15H2,(H,22,25)(H2,23,24,26). The van der Waals surface area contributed by atoms with Gasteiger partial charge in [-0.3, -0.25) is 4.79 Å². The Hall–Kier alpha value is -3.02. The molecule has 142 valence electrons. The first-order chi connectivity index (χ1) is 13.2. The Morgan fingerprint density at radius 3 is 2.33 bits per heavy atom. The predicted molar refractivity (Wildman–Crippen MR) is 106 cm³/mol. The number of urea groups is 1. The maximum atomic E-state index is 12.1. The van der Waals surface area contributed by atoms with Crippen molar-refractivity contribution < 1.29 is 14.3 Å². The molecule has 27 heavy (non-hydrogen) atoms. The van der Waals surface area contributed by atoms with Gasteiger partial charge in [-0.05, 0) is 43.2 Å². The second-order valence-electron chi connectivity index (χ2n) is 6.66. The molecular formula is C21H25N3O3. The molecule has 3 amide bonds. The zero-order valence-electron chi connectivity index (χ0n) is 15.2. The highest BCUT2D eigenvalue weighted by atomic mass is 16.5. The Balaban J connectivity index is 1.47. The summed E-state index contributed by atoms with van der Waals surface area (Å²) in [5.74, 6) is 0.380. The van der Waals surface area contributed by atoms with Crippen molar-refractivity contribution in [3.05, 3.63) is 54.6 Å². The van der Waals surface area contributed by atoms with E-state index in [0.29, 0.717) is 17.1 Å². The summed E-state index contributed by atoms with van der Waals surface area (Å²) >= 11 is 0. The smallest absolute Gasteiger partial charge is 0.319 e. The van der Waals surface area contributed by atoms with Gasteiger partial charge in [-0.1, -0.05) is 43.5 Å². The predicted octanol–water partition coefficient (Wildman–Crippen LogP) is 4.16. The van der Waals surface area contributed by atoms with Crippen LogP contribution in [0.4, 0.5) is 16.2 Å². The van der Waals surface area contributed by atoms with E-state index in [2.05, 4.69) is 16.0 Å². The van der Waals surface area contributed by atoms with Gasteiger partial charge in [0.25, 0.3) is 5.91 Å². The van der Waals surface area contributed by atoms with Crippen LogP contribution in [0.25, 0.3) is 0 Å². The molecule has 0 spiro atoms. The summed E-state index contributed by atoms with van der Waals surface area (Å²) in [6.07, 6.45) is 5.64. The number of anilines is 2. The minimum absolute atomic E-state index is 0.0795. The fourth-order valence-electron chi connectivity index (χ4n) is 3.14. The van der Waals surface area contributed by atoms with Crippen LogP contribution in [0, 0.1) is 0 Å². The molecule has 1 aliphatic carbocycles. The average molecular weight is 367 g/mol. The molecule has 3 N–H and O–H groups in total. The van der Waals surface area contributed by atoms with Crippen LogP contribution in [0.3, 0.4) is 0 Å². The van der Waals surface area contributed by atoms with Crippen LogP contribution in [0.5, 0.6) is 5.75 Å². The first-order valence-electron chi connectivity index (χ1n) is 9.34. The molecule has 0 aromatic heterocycles. The first-order valence-corrected chi connectivity index (χ1v) is 9.34. The Labute approximate surface area is 159 Å². The topological polar surface area (TPSA) is 79.5 Å². The van der Waals surface area contributed by atoms with Gasteiger partial charge in [0.15, 0.2) is 6.61 Å². The van der Waals surface area contributed by atoms with E-state index in [1.54, 1.807) is 36.4 Å². The minimum Gasteiger partial charge on any atom is -0.484 e. The summed E-state index contributed by atoms with van der Waals surface area (Å²) in [6, 6.07) is 16.3. The summed E-state index contributed by atoms with van der Waals surface area (Å²) in [6.45, 7) is -0.0795. The van der Waals surface area contributed by atoms with Gasteiger partial charge in [-0.15, -0.1) is 0 Å². The van der Waals surface area contributed by atoms with Crippen LogP contribution in [0.1, 0.15) is 32.1 Å². The van der Waals surface area contributed by atoms with Crippen molar-refractivity contribution in [2.45, 2.75) is 38.1 Å². The molecule has 0 bridgehead atoms. The van der Waals surface area contributed by atoms with Crippen LogP contribution in [-0.4, -0.2) is 24.6 Å². The number of nitrogens with one attached hydrogen (secondary N) is 3. The van der Waals surface area contributed by atoms with Crippen molar-refractivity contribution in [3.8, 4) is 5.75 Å². The Kier molecular flexibility index (Phi) is 6.68. The van der Waals surface area contributed by atoms with Crippen LogP contribution < -0.4 is 20.7 Å². The third-order valence-corrected chi connectivity index (χ3v) is 4.46. The number of hydrogen-bond donors (Lipinski definition) is 3. The molecular weight excluding hydrogens is 342 g/mol. The van der Waals surface area contributed by atoms with E-state index in [-0.39, 0.29) is 24.6 Å². The lowest BCUT2D eigenvalue weighted by Gasteiger charge is -2.22. The molecule has 0 atom stereocenters. The Morgan fingerprint density at radius 2 is 1.59 bits per heavy atom. The number of carbonyl (C=O) groups excluding carboxylic acids is 2. The molecule has 0 saturated heterocycles. The van der Waals surface area contributed by atoms with Gasteiger partial charge in [0.05, 0.1) is 0 Å². The zero-order chi connectivity index (χ0) is 18.9. The quantitative estimate of drug-likeness (QED) is 0.717. The highest BCUT2D eigenvalue weighted by Gasteiger charge is 2.15. The molecule has 0 heterocycles. The summed E-state index contributed by atoms with van der Waals surface area (Å²) in [4.78, 5) is 24.2. The highest BCUT2D eigenvalue weighted by molar-refractivity contribution is 5.94. The Bertz CT molecular complexity index is 758. The normalized spacial score (nSPS) is 14.2. The van der Waals surface area contributed by atoms with Gasteiger partial charge in [0.1, 0.15) is 5.75 Å². The van der Waals surface area contributed by atoms with Gasteiger partial charge >= 0.3 is 6.03 Å². The number of hydrogen-bond acceptors (Lipinski definition) is 3. The number of ether oxygens (including phenoxy) is 1. The number of rotatable bonds is 6. The molecule has 2 aromatic carbocycles. The molecule has 0 unspecified atom stereocenters. The van der Waals surface area contributed by atoms with Gasteiger partial charge in [-0.25, -0.2) is 4.79 Å². The molecule has 6 heteroatoms. The fourth-order valence-corrected chi connectivity index (χ4v) is 3.14. The van der Waals surface area contributed by atoms with Crippen LogP contribution >= 0.6 is 0 Å². The molecule has 0 aliphatic heterocycles. The van der Waals surface area contributed by atoms with E-state index >= 15 is 0 Å². The first kappa shape index (κ1) is 18.8. The number of amides is 3. The second kappa shape index (κ2) is 9.62. The van der Waals surface area contributed by atoms with E-state index in [9.17, 15) is 9.59 Å². The van der Waals surface area contributed by atoms with Crippen LogP contribution in [-0.2, 0) is 4.79 Å². The van der Waals surface area contributed by atoms with E-state index in [1.165, 1.54) is 6.42 Å². The highest BCUT2D eigenvalue weighted by Crippen LogP contribution is 2.18. The van der Waals surface area contributed by atoms with E-state index in [0.717, 1.165) is 25.7 Å². The second-order valence-corrected chi connectivity index (χ2v) is 6.66. The van der Waals surface area contributed by atoms with Crippen molar-refractivity contribution in [1.82, 2.24) is 5.32 Å². The fraction of sp³-hybridized carbons (Fsp3) is 0.333. The third-order valence-electron chi connectivity index (χ3n) is 4.46. The summed E-state index contributed by atoms with van der Waals surface area (Å²) in [5, 5.41) is 8.61. The summed E-state index contributed by atoms with van der Waals surface area (Å²) < 4.78 is 5.43. The molecule has 3 rings (SSSR count). The van der Waals surface area contributed by atoms with Gasteiger partial charge in [0.2, 0.25) is 0 Å². The van der Waals surface area contributed by atoms with Crippen molar-refractivity contribution >= 4 is 23.3 Å². The maximum absolute atomic E-state index is 12.1. The van der Waals surface area contributed by atoms with Crippen molar-refractivity contribution in [2.24, 2.45) is 0 Å². The number of para-hydroxylation sites is 1. The average Bonchev–Trinajstić information content (AvgIpc) is 2.68. The minimum atomic E-state index is -0.261. The van der Waals surface area contributed by atoms with Gasteiger partial charge in [-0.2, -0.15) is 0 Å². The molecule has 1 saturated carbocycles. The zero-order valence-corrected chi connectivity index (χ0v) is 15.2. The third kappa shape index (κ3) is 6.33. The molecule has 2 aromatic rings. The lowest BCUT2D eigenvalue weighted by Crippen LogP contribution is -2.39. The number of benzene rings is 2.